The van der Waals surface area contributed by atoms with E-state index in [-0.39, 0.29) is 11.8 Å². The van der Waals surface area contributed by atoms with Crippen molar-refractivity contribution in [3.63, 3.8) is 0 Å². The quantitative estimate of drug-likeness (QED) is 0.592. The van der Waals surface area contributed by atoms with Crippen molar-refractivity contribution in [1.29, 1.82) is 0 Å². The Morgan fingerprint density at radius 3 is 2.31 bits per heavy atom. The maximum absolute atomic E-state index is 11.3. The second-order valence-electron chi connectivity index (χ2n) is 3.34. The molecular formula is C8H20N2O2S. The summed E-state index contributed by atoms with van der Waals surface area (Å²) in [6, 6.07) is -0.0174. The monoisotopic (exact) mass is 208 g/mol. The van der Waals surface area contributed by atoms with E-state index < -0.39 is 10.0 Å². The van der Waals surface area contributed by atoms with Crippen molar-refractivity contribution in [2.24, 2.45) is 0 Å². The summed E-state index contributed by atoms with van der Waals surface area (Å²) in [5.41, 5.74) is 0. The fourth-order valence-corrected chi connectivity index (χ4v) is 2.18. The van der Waals surface area contributed by atoms with Crippen LogP contribution in [-0.4, -0.2) is 33.3 Å². The summed E-state index contributed by atoms with van der Waals surface area (Å²) in [5.74, 6) is 0.158. The Bertz CT molecular complexity index is 212. The van der Waals surface area contributed by atoms with Crippen molar-refractivity contribution in [3.05, 3.63) is 0 Å². The summed E-state index contributed by atoms with van der Waals surface area (Å²) in [6.45, 7) is 7.08. The van der Waals surface area contributed by atoms with Gasteiger partial charge in [-0.1, -0.05) is 6.92 Å². The molecule has 0 fully saturated rings. The summed E-state index contributed by atoms with van der Waals surface area (Å²) in [6.07, 6.45) is 1.03. The molecule has 5 heteroatoms. The van der Waals surface area contributed by atoms with Gasteiger partial charge in [0, 0.05) is 12.6 Å². The highest BCUT2D eigenvalue weighted by atomic mass is 32.2. The molecule has 0 spiro atoms. The van der Waals surface area contributed by atoms with Crippen LogP contribution in [0, 0.1) is 0 Å². The smallest absolute Gasteiger partial charge is 0.213 e. The highest BCUT2D eigenvalue weighted by molar-refractivity contribution is 7.89. The fourth-order valence-electron chi connectivity index (χ4n) is 0.926. The van der Waals surface area contributed by atoms with Crippen LogP contribution in [0.1, 0.15) is 27.2 Å². The summed E-state index contributed by atoms with van der Waals surface area (Å²) in [4.78, 5) is 0. The summed E-state index contributed by atoms with van der Waals surface area (Å²) < 4.78 is 25.0. The van der Waals surface area contributed by atoms with Gasteiger partial charge in [-0.25, -0.2) is 13.1 Å². The van der Waals surface area contributed by atoms with E-state index >= 15 is 0 Å². The second-order valence-corrected chi connectivity index (χ2v) is 5.21. The fraction of sp³-hybridized carbons (Fsp3) is 1.00. The number of rotatable bonds is 7. The Labute approximate surface area is 81.2 Å². The van der Waals surface area contributed by atoms with Gasteiger partial charge in [-0.3, -0.25) is 0 Å². The van der Waals surface area contributed by atoms with Crippen LogP contribution < -0.4 is 10.0 Å². The van der Waals surface area contributed by atoms with Crippen LogP contribution in [0.15, 0.2) is 0 Å². The predicted octanol–water partition coefficient (Wildman–Crippen LogP) is 0.314. The molecule has 0 radical (unpaired) electrons. The van der Waals surface area contributed by atoms with Crippen molar-refractivity contribution in [1.82, 2.24) is 10.0 Å². The van der Waals surface area contributed by atoms with Crippen LogP contribution in [-0.2, 0) is 10.0 Å². The van der Waals surface area contributed by atoms with E-state index in [2.05, 4.69) is 10.0 Å². The normalized spacial score (nSPS) is 12.3. The molecule has 0 aromatic rings. The van der Waals surface area contributed by atoms with Crippen LogP contribution in [0.5, 0.6) is 0 Å². The van der Waals surface area contributed by atoms with E-state index in [1.54, 1.807) is 0 Å². The van der Waals surface area contributed by atoms with Gasteiger partial charge in [0.15, 0.2) is 0 Å². The van der Waals surface area contributed by atoms with E-state index in [1.807, 2.05) is 20.8 Å². The minimum atomic E-state index is -3.07. The van der Waals surface area contributed by atoms with Gasteiger partial charge in [0.25, 0.3) is 0 Å². The van der Waals surface area contributed by atoms with E-state index in [1.165, 1.54) is 0 Å². The molecular weight excluding hydrogens is 188 g/mol. The van der Waals surface area contributed by atoms with Crippen molar-refractivity contribution in [2.75, 3.05) is 18.8 Å². The Balaban J connectivity index is 3.64. The molecule has 0 unspecified atom stereocenters. The first-order chi connectivity index (χ1) is 5.98. The average molecular weight is 208 g/mol. The molecule has 0 rings (SSSR count). The molecule has 0 aromatic carbocycles. The SMILES string of the molecule is CCCNCCS(=O)(=O)NC(C)C. The Morgan fingerprint density at radius 1 is 1.23 bits per heavy atom. The van der Waals surface area contributed by atoms with Gasteiger partial charge in [-0.05, 0) is 26.8 Å². The van der Waals surface area contributed by atoms with E-state index in [0.29, 0.717) is 6.54 Å². The molecule has 0 aliphatic carbocycles. The molecule has 0 saturated carbocycles. The largest absolute Gasteiger partial charge is 0.316 e. The molecule has 13 heavy (non-hydrogen) atoms. The van der Waals surface area contributed by atoms with Crippen LogP contribution in [0.2, 0.25) is 0 Å². The van der Waals surface area contributed by atoms with Crippen LogP contribution in [0.3, 0.4) is 0 Å². The standard InChI is InChI=1S/C8H20N2O2S/c1-4-5-9-6-7-13(11,12)10-8(2)3/h8-10H,4-7H2,1-3H3. The van der Waals surface area contributed by atoms with Crippen molar-refractivity contribution in [2.45, 2.75) is 33.2 Å². The molecule has 0 atom stereocenters. The van der Waals surface area contributed by atoms with Crippen LogP contribution >= 0.6 is 0 Å². The number of hydrogen-bond donors (Lipinski definition) is 2. The lowest BCUT2D eigenvalue weighted by Crippen LogP contribution is -2.36. The first-order valence-electron chi connectivity index (χ1n) is 4.68. The van der Waals surface area contributed by atoms with E-state index in [0.717, 1.165) is 13.0 Å². The highest BCUT2D eigenvalue weighted by Crippen LogP contribution is 1.87. The van der Waals surface area contributed by atoms with Gasteiger partial charge in [0.05, 0.1) is 5.75 Å². The van der Waals surface area contributed by atoms with Gasteiger partial charge in [-0.2, -0.15) is 0 Å². The second kappa shape index (κ2) is 6.34. The summed E-state index contributed by atoms with van der Waals surface area (Å²) in [7, 11) is -3.07. The molecule has 80 valence electrons. The third kappa shape index (κ3) is 8.21. The number of nitrogens with one attached hydrogen (secondary N) is 2. The first-order valence-corrected chi connectivity index (χ1v) is 6.34. The maximum atomic E-state index is 11.3. The predicted molar refractivity (Wildman–Crippen MR) is 55.2 cm³/mol. The molecule has 0 aromatic heterocycles. The minimum absolute atomic E-state index is 0.0174. The summed E-state index contributed by atoms with van der Waals surface area (Å²) in [5, 5.41) is 3.05. The Kier molecular flexibility index (Phi) is 6.28. The zero-order valence-corrected chi connectivity index (χ0v) is 9.45. The highest BCUT2D eigenvalue weighted by Gasteiger charge is 2.10. The molecule has 2 N–H and O–H groups in total. The lowest BCUT2D eigenvalue weighted by Gasteiger charge is -2.09. The van der Waals surface area contributed by atoms with Gasteiger partial charge in [0.1, 0.15) is 0 Å². The lowest BCUT2D eigenvalue weighted by molar-refractivity contribution is 0.565. The first kappa shape index (κ1) is 12.9. The van der Waals surface area contributed by atoms with Gasteiger partial charge >= 0.3 is 0 Å². The minimum Gasteiger partial charge on any atom is -0.316 e. The van der Waals surface area contributed by atoms with Gasteiger partial charge < -0.3 is 5.32 Å². The van der Waals surface area contributed by atoms with Crippen LogP contribution in [0.4, 0.5) is 0 Å². The third-order valence-corrected chi connectivity index (χ3v) is 2.96. The van der Waals surface area contributed by atoms with Crippen LogP contribution in [0.25, 0.3) is 0 Å². The third-order valence-electron chi connectivity index (χ3n) is 1.39. The molecule has 0 heterocycles. The zero-order chi connectivity index (χ0) is 10.3. The van der Waals surface area contributed by atoms with Crippen molar-refractivity contribution in [3.8, 4) is 0 Å². The van der Waals surface area contributed by atoms with E-state index in [9.17, 15) is 8.42 Å². The van der Waals surface area contributed by atoms with Crippen molar-refractivity contribution >= 4 is 10.0 Å². The summed E-state index contributed by atoms with van der Waals surface area (Å²) >= 11 is 0. The van der Waals surface area contributed by atoms with Crippen molar-refractivity contribution < 1.29 is 8.42 Å². The van der Waals surface area contributed by atoms with Gasteiger partial charge in [0.2, 0.25) is 10.0 Å². The maximum Gasteiger partial charge on any atom is 0.213 e. The topological polar surface area (TPSA) is 58.2 Å². The molecule has 0 saturated heterocycles. The Hall–Kier alpha value is -0.130. The van der Waals surface area contributed by atoms with Gasteiger partial charge in [-0.15, -0.1) is 0 Å². The zero-order valence-electron chi connectivity index (χ0n) is 8.63. The average Bonchev–Trinajstić information content (AvgIpc) is 1.95. The number of sulfonamides is 1. The van der Waals surface area contributed by atoms with E-state index in [4.69, 9.17) is 0 Å². The lowest BCUT2D eigenvalue weighted by atomic mass is 10.4. The molecule has 0 aliphatic rings. The molecule has 0 bridgehead atoms. The Morgan fingerprint density at radius 2 is 1.85 bits per heavy atom. The molecule has 0 aliphatic heterocycles. The number of hydrogen-bond acceptors (Lipinski definition) is 3. The molecule has 4 nitrogen and oxygen atoms in total. The molecule has 0 amide bonds.